The SMILES string of the molecule is CC/C=C\C/C=C\C/C=C\C/C=C\C/C=C\CCCC(=O)OC1C(OCC(COC(=O)CCCCCCCCCCCCCCCCCCCCC)OC(=O)CCCCCCCCCCC)OC(C(=O)O)C(O)C1O. The monoisotopic (exact) mass is 1060 g/mol. The molecule has 6 unspecified atom stereocenters. The minimum Gasteiger partial charge on any atom is -0.479 e. The maximum absolute atomic E-state index is 13.1. The number of carboxylic acids is 1. The molecule has 12 nitrogen and oxygen atoms in total. The number of ether oxygens (including phenoxy) is 5. The molecule has 0 amide bonds. The molecule has 12 heteroatoms. The lowest BCUT2D eigenvalue weighted by Crippen LogP contribution is -2.61. The third-order valence-electron chi connectivity index (χ3n) is 13.6. The number of hydrogen-bond donors (Lipinski definition) is 3. The highest BCUT2D eigenvalue weighted by atomic mass is 16.7. The number of aliphatic carboxylic acids is 1. The molecule has 75 heavy (non-hydrogen) atoms. The quantitative estimate of drug-likeness (QED) is 0.0228. The van der Waals surface area contributed by atoms with Crippen LogP contribution in [0, 0.1) is 0 Å². The Labute approximate surface area is 456 Å². The first kappa shape index (κ1) is 69.4. The molecule has 1 saturated heterocycles. The van der Waals surface area contributed by atoms with E-state index in [2.05, 4.69) is 69.4 Å². The topological polar surface area (TPSA) is 175 Å². The maximum Gasteiger partial charge on any atom is 0.335 e. The fourth-order valence-electron chi connectivity index (χ4n) is 8.99. The van der Waals surface area contributed by atoms with Crippen molar-refractivity contribution >= 4 is 23.9 Å². The summed E-state index contributed by atoms with van der Waals surface area (Å²) in [5.41, 5.74) is 0. The fraction of sp³-hybridized carbons (Fsp3) is 0.778. The van der Waals surface area contributed by atoms with Crippen LogP contribution in [0.25, 0.3) is 0 Å². The summed E-state index contributed by atoms with van der Waals surface area (Å²) in [7, 11) is 0. The Balaban J connectivity index is 2.64. The number of unbranched alkanes of at least 4 members (excludes halogenated alkanes) is 27. The van der Waals surface area contributed by atoms with Crippen LogP contribution in [0.2, 0.25) is 0 Å². The van der Waals surface area contributed by atoms with Gasteiger partial charge in [0.25, 0.3) is 0 Å². The van der Waals surface area contributed by atoms with E-state index in [1.54, 1.807) is 0 Å². The minimum absolute atomic E-state index is 0.0166. The van der Waals surface area contributed by atoms with Crippen LogP contribution >= 0.6 is 0 Å². The average molecular weight is 1060 g/mol. The van der Waals surface area contributed by atoms with E-state index < -0.39 is 67.3 Å². The van der Waals surface area contributed by atoms with E-state index in [1.165, 1.54) is 128 Å². The van der Waals surface area contributed by atoms with Crippen molar-refractivity contribution in [2.24, 2.45) is 0 Å². The summed E-state index contributed by atoms with van der Waals surface area (Å²) in [5.74, 6) is -3.18. The van der Waals surface area contributed by atoms with Crippen molar-refractivity contribution in [2.75, 3.05) is 13.2 Å². The van der Waals surface area contributed by atoms with E-state index in [9.17, 15) is 34.5 Å². The van der Waals surface area contributed by atoms with E-state index in [0.717, 1.165) is 70.6 Å². The van der Waals surface area contributed by atoms with Crippen molar-refractivity contribution < 1.29 is 58.2 Å². The third-order valence-corrected chi connectivity index (χ3v) is 13.6. The van der Waals surface area contributed by atoms with Crippen molar-refractivity contribution in [3.8, 4) is 0 Å². The van der Waals surface area contributed by atoms with Crippen LogP contribution in [-0.2, 0) is 42.9 Å². The van der Waals surface area contributed by atoms with Crippen LogP contribution in [-0.4, -0.2) is 89.2 Å². The summed E-state index contributed by atoms with van der Waals surface area (Å²) in [5, 5.41) is 31.4. The molecule has 0 aromatic carbocycles. The predicted molar refractivity (Wildman–Crippen MR) is 303 cm³/mol. The van der Waals surface area contributed by atoms with Crippen LogP contribution in [0.15, 0.2) is 60.8 Å². The van der Waals surface area contributed by atoms with E-state index in [0.29, 0.717) is 25.7 Å². The molecule has 1 rings (SSSR count). The zero-order valence-corrected chi connectivity index (χ0v) is 47.5. The normalized spacial score (nSPS) is 18.5. The van der Waals surface area contributed by atoms with E-state index in [1.807, 2.05) is 12.2 Å². The molecule has 0 radical (unpaired) electrons. The van der Waals surface area contributed by atoms with Gasteiger partial charge in [-0.1, -0.05) is 248 Å². The Morgan fingerprint density at radius 1 is 0.453 bits per heavy atom. The molecular weight excluding hydrogens is 949 g/mol. The van der Waals surface area contributed by atoms with E-state index in [-0.39, 0.29) is 25.9 Å². The van der Waals surface area contributed by atoms with Gasteiger partial charge in [0.1, 0.15) is 18.8 Å². The molecule has 1 aliphatic heterocycles. The van der Waals surface area contributed by atoms with Crippen LogP contribution in [0.4, 0.5) is 0 Å². The summed E-state index contributed by atoms with van der Waals surface area (Å²) in [6.45, 7) is 5.85. The number of carboxylic acid groups (broad SMARTS) is 1. The minimum atomic E-state index is -1.92. The van der Waals surface area contributed by atoms with Gasteiger partial charge in [-0.2, -0.15) is 0 Å². The second-order valence-corrected chi connectivity index (χ2v) is 20.6. The van der Waals surface area contributed by atoms with Gasteiger partial charge in [0.05, 0.1) is 6.61 Å². The number of carbonyl (C=O) groups excluding carboxylic acids is 3. The molecule has 1 fully saturated rings. The molecule has 0 saturated carbocycles. The van der Waals surface area contributed by atoms with Gasteiger partial charge >= 0.3 is 23.9 Å². The van der Waals surface area contributed by atoms with Gasteiger partial charge in [-0.15, -0.1) is 0 Å². The molecular formula is C63H108O12. The van der Waals surface area contributed by atoms with Gasteiger partial charge in [-0.3, -0.25) is 14.4 Å². The molecule has 3 N–H and O–H groups in total. The largest absolute Gasteiger partial charge is 0.479 e. The van der Waals surface area contributed by atoms with Crippen molar-refractivity contribution in [3.63, 3.8) is 0 Å². The number of aliphatic hydroxyl groups excluding tert-OH is 2. The standard InChI is InChI=1S/C63H108O12/c1-4-7-10-13-16-19-21-23-25-27-28-30-31-33-35-38-40-43-46-49-55(64)71-52-54(73-56(65)50-47-44-41-37-18-15-12-9-6-3)53-72-63-61(59(68)58(67)60(75-63)62(69)70)74-57(66)51-48-45-42-39-36-34-32-29-26-24-22-20-17-14-11-8-5-2/h8,11,17,20,24,26,32,34,39,42,54,58-61,63,67-68H,4-7,9-10,12-16,18-19,21-23,25,27-31,33,35-38,40-41,43-53H2,1-3H3,(H,69,70)/b11-8-,20-17-,26-24-,34-32-,42-39-. The van der Waals surface area contributed by atoms with Gasteiger partial charge in [0.2, 0.25) is 0 Å². The van der Waals surface area contributed by atoms with Gasteiger partial charge in [-0.25, -0.2) is 4.79 Å². The molecule has 1 heterocycles. The molecule has 6 atom stereocenters. The van der Waals surface area contributed by atoms with Gasteiger partial charge in [-0.05, 0) is 57.8 Å². The second-order valence-electron chi connectivity index (χ2n) is 20.6. The van der Waals surface area contributed by atoms with Crippen molar-refractivity contribution in [1.29, 1.82) is 0 Å². The maximum atomic E-state index is 13.1. The Hall–Kier alpha value is -3.58. The number of allylic oxidation sites excluding steroid dienone is 10. The molecule has 0 aromatic heterocycles. The van der Waals surface area contributed by atoms with Crippen LogP contribution in [0.1, 0.15) is 265 Å². The summed E-state index contributed by atoms with van der Waals surface area (Å²) >= 11 is 0. The Morgan fingerprint density at radius 2 is 0.840 bits per heavy atom. The van der Waals surface area contributed by atoms with Gasteiger partial charge in [0.15, 0.2) is 24.6 Å². The summed E-state index contributed by atoms with van der Waals surface area (Å²) in [6, 6.07) is 0. The number of hydrogen-bond acceptors (Lipinski definition) is 11. The van der Waals surface area contributed by atoms with Gasteiger partial charge in [0, 0.05) is 19.3 Å². The lowest BCUT2D eigenvalue weighted by molar-refractivity contribution is -0.301. The van der Waals surface area contributed by atoms with Crippen molar-refractivity contribution in [2.45, 2.75) is 302 Å². The first-order valence-corrected chi connectivity index (χ1v) is 30.3. The Kier molecular flexibility index (Phi) is 47.4. The highest BCUT2D eigenvalue weighted by molar-refractivity contribution is 5.74. The second kappa shape index (κ2) is 51.2. The summed E-state index contributed by atoms with van der Waals surface area (Å²) < 4.78 is 28.3. The molecule has 1 aliphatic rings. The van der Waals surface area contributed by atoms with Crippen molar-refractivity contribution in [3.05, 3.63) is 60.8 Å². The fourth-order valence-corrected chi connectivity index (χ4v) is 8.99. The van der Waals surface area contributed by atoms with Crippen molar-refractivity contribution in [1.82, 2.24) is 0 Å². The lowest BCUT2D eigenvalue weighted by Gasteiger charge is -2.40. The van der Waals surface area contributed by atoms with Gasteiger partial charge < -0.3 is 39.0 Å². The third kappa shape index (κ3) is 41.2. The number of carbonyl (C=O) groups is 4. The highest BCUT2D eigenvalue weighted by Crippen LogP contribution is 2.26. The van der Waals surface area contributed by atoms with Crippen LogP contribution in [0.3, 0.4) is 0 Å². The summed E-state index contributed by atoms with van der Waals surface area (Å²) in [6.07, 6.45) is 50.7. The number of aliphatic hydroxyl groups is 2. The Morgan fingerprint density at radius 3 is 1.27 bits per heavy atom. The van der Waals surface area contributed by atoms with E-state index in [4.69, 9.17) is 23.7 Å². The van der Waals surface area contributed by atoms with E-state index >= 15 is 0 Å². The Bertz CT molecular complexity index is 1540. The average Bonchev–Trinajstić information content (AvgIpc) is 3.39. The number of rotatable bonds is 51. The van der Waals surface area contributed by atoms with Crippen LogP contribution < -0.4 is 0 Å². The first-order chi connectivity index (χ1) is 36.6. The molecule has 432 valence electrons. The molecule has 0 aromatic rings. The lowest BCUT2D eigenvalue weighted by atomic mass is 9.98. The van der Waals surface area contributed by atoms with Crippen LogP contribution in [0.5, 0.6) is 0 Å². The first-order valence-electron chi connectivity index (χ1n) is 30.3. The molecule has 0 spiro atoms. The number of esters is 3. The zero-order chi connectivity index (χ0) is 54.7. The smallest absolute Gasteiger partial charge is 0.335 e. The predicted octanol–water partition coefficient (Wildman–Crippen LogP) is 15.6. The molecule has 0 bridgehead atoms. The zero-order valence-electron chi connectivity index (χ0n) is 47.5. The highest BCUT2D eigenvalue weighted by Gasteiger charge is 2.50. The summed E-state index contributed by atoms with van der Waals surface area (Å²) in [4.78, 5) is 51.0. The molecule has 0 aliphatic carbocycles.